The first-order chi connectivity index (χ1) is 7.41. The third-order valence-electron chi connectivity index (χ3n) is 2.51. The number of hydrogen-bond acceptors (Lipinski definition) is 2. The van der Waals surface area contributed by atoms with Gasteiger partial charge in [-0.3, -0.25) is 9.69 Å². The Kier molecular flexibility index (Phi) is 4.12. The van der Waals surface area contributed by atoms with E-state index in [1.807, 2.05) is 13.8 Å². The second kappa shape index (κ2) is 5.16. The quantitative estimate of drug-likeness (QED) is 0.736. The summed E-state index contributed by atoms with van der Waals surface area (Å²) in [5.41, 5.74) is -0.0612. The second-order valence-corrected chi connectivity index (χ2v) is 4.06. The maximum Gasteiger partial charge on any atom is 0.179 e. The van der Waals surface area contributed by atoms with Crippen molar-refractivity contribution in [1.29, 1.82) is 0 Å². The molecule has 0 fully saturated rings. The van der Waals surface area contributed by atoms with Crippen molar-refractivity contribution in [2.75, 3.05) is 13.6 Å². The van der Waals surface area contributed by atoms with Gasteiger partial charge in [-0.1, -0.05) is 0 Å². The molecule has 1 rings (SSSR count). The molecule has 0 bridgehead atoms. The molecule has 0 unspecified atom stereocenters. The van der Waals surface area contributed by atoms with E-state index in [0.29, 0.717) is 0 Å². The van der Waals surface area contributed by atoms with Crippen LogP contribution in [0.1, 0.15) is 24.2 Å². The van der Waals surface area contributed by atoms with Crippen LogP contribution >= 0.6 is 0 Å². The van der Waals surface area contributed by atoms with Crippen LogP contribution in [0.25, 0.3) is 0 Å². The van der Waals surface area contributed by atoms with Crippen LogP contribution in [0.5, 0.6) is 0 Å². The summed E-state index contributed by atoms with van der Waals surface area (Å²) in [5.74, 6) is -1.82. The van der Waals surface area contributed by atoms with Crippen molar-refractivity contribution in [3.63, 3.8) is 0 Å². The highest BCUT2D eigenvalue weighted by Crippen LogP contribution is 2.11. The van der Waals surface area contributed by atoms with Crippen LogP contribution in [-0.2, 0) is 0 Å². The Bertz CT molecular complexity index is 391. The van der Waals surface area contributed by atoms with Gasteiger partial charge in [0.1, 0.15) is 11.6 Å². The Morgan fingerprint density at radius 1 is 1.38 bits per heavy atom. The Labute approximate surface area is 93.9 Å². The van der Waals surface area contributed by atoms with Gasteiger partial charge in [0, 0.05) is 12.1 Å². The van der Waals surface area contributed by atoms with Crippen LogP contribution in [0.3, 0.4) is 0 Å². The molecule has 0 aromatic heterocycles. The van der Waals surface area contributed by atoms with E-state index in [1.165, 1.54) is 6.07 Å². The molecule has 0 aliphatic carbocycles. The molecule has 0 spiro atoms. The van der Waals surface area contributed by atoms with Crippen LogP contribution in [0.2, 0.25) is 0 Å². The maximum atomic E-state index is 13.3. The Balaban J connectivity index is 2.81. The van der Waals surface area contributed by atoms with E-state index in [2.05, 4.69) is 0 Å². The molecule has 0 atom stereocenters. The van der Waals surface area contributed by atoms with Crippen LogP contribution in [0, 0.1) is 11.6 Å². The molecule has 0 aliphatic heterocycles. The molecule has 1 aromatic carbocycles. The van der Waals surface area contributed by atoms with Gasteiger partial charge in [0.05, 0.1) is 12.1 Å². The molecule has 0 N–H and O–H groups in total. The first kappa shape index (κ1) is 12.8. The van der Waals surface area contributed by atoms with Gasteiger partial charge in [0.15, 0.2) is 5.78 Å². The Hall–Kier alpha value is -1.29. The van der Waals surface area contributed by atoms with Gasteiger partial charge < -0.3 is 0 Å². The van der Waals surface area contributed by atoms with E-state index in [4.69, 9.17) is 0 Å². The lowest BCUT2D eigenvalue weighted by Crippen LogP contribution is -2.32. The maximum absolute atomic E-state index is 13.3. The highest BCUT2D eigenvalue weighted by molar-refractivity contribution is 5.97. The van der Waals surface area contributed by atoms with Gasteiger partial charge in [0.2, 0.25) is 0 Å². The zero-order valence-corrected chi connectivity index (χ0v) is 9.63. The summed E-state index contributed by atoms with van der Waals surface area (Å²) in [6.07, 6.45) is 0. The summed E-state index contributed by atoms with van der Waals surface area (Å²) in [6.45, 7) is 4.00. The van der Waals surface area contributed by atoms with E-state index in [9.17, 15) is 13.6 Å². The molecule has 1 aromatic rings. The Morgan fingerprint density at radius 3 is 2.50 bits per heavy atom. The summed E-state index contributed by atoms with van der Waals surface area (Å²) in [4.78, 5) is 13.5. The van der Waals surface area contributed by atoms with E-state index < -0.39 is 11.6 Å². The third kappa shape index (κ3) is 3.10. The monoisotopic (exact) mass is 227 g/mol. The predicted octanol–water partition coefficient (Wildman–Crippen LogP) is 2.49. The van der Waals surface area contributed by atoms with Crippen molar-refractivity contribution in [2.45, 2.75) is 19.9 Å². The summed E-state index contributed by atoms with van der Waals surface area (Å²) >= 11 is 0. The largest absolute Gasteiger partial charge is 0.296 e. The average Bonchev–Trinajstić information content (AvgIpc) is 2.16. The standard InChI is InChI=1S/C12H15F2NO/c1-8(2)15(3)7-12(16)10-5-4-9(13)6-11(10)14/h4-6,8H,7H2,1-3H3. The van der Waals surface area contributed by atoms with Gasteiger partial charge in [-0.2, -0.15) is 0 Å². The number of carbonyl (C=O) groups excluding carboxylic acids is 1. The van der Waals surface area contributed by atoms with Crippen molar-refractivity contribution in [1.82, 2.24) is 4.90 Å². The minimum Gasteiger partial charge on any atom is -0.296 e. The van der Waals surface area contributed by atoms with Crippen molar-refractivity contribution >= 4 is 5.78 Å². The summed E-state index contributed by atoms with van der Waals surface area (Å²) in [5, 5.41) is 0. The molecule has 0 saturated heterocycles. The number of nitrogens with zero attached hydrogens (tertiary/aromatic N) is 1. The molecular weight excluding hydrogens is 212 g/mol. The minimum absolute atomic E-state index is 0.0612. The summed E-state index contributed by atoms with van der Waals surface area (Å²) in [6, 6.07) is 3.20. The van der Waals surface area contributed by atoms with Crippen molar-refractivity contribution in [3.05, 3.63) is 35.4 Å². The summed E-state index contributed by atoms with van der Waals surface area (Å²) in [7, 11) is 1.78. The van der Waals surface area contributed by atoms with Gasteiger partial charge in [0.25, 0.3) is 0 Å². The first-order valence-electron chi connectivity index (χ1n) is 5.10. The number of ketones is 1. The Morgan fingerprint density at radius 2 is 2.00 bits per heavy atom. The third-order valence-corrected chi connectivity index (χ3v) is 2.51. The first-order valence-corrected chi connectivity index (χ1v) is 5.10. The zero-order chi connectivity index (χ0) is 12.3. The fourth-order valence-electron chi connectivity index (χ4n) is 1.21. The van der Waals surface area contributed by atoms with Crippen molar-refractivity contribution in [2.24, 2.45) is 0 Å². The van der Waals surface area contributed by atoms with Gasteiger partial charge in [-0.15, -0.1) is 0 Å². The number of carbonyl (C=O) groups is 1. The lowest BCUT2D eigenvalue weighted by atomic mass is 10.1. The number of halogens is 2. The van der Waals surface area contributed by atoms with Crippen LogP contribution in [-0.4, -0.2) is 30.3 Å². The molecule has 16 heavy (non-hydrogen) atoms. The van der Waals surface area contributed by atoms with Crippen molar-refractivity contribution < 1.29 is 13.6 Å². The zero-order valence-electron chi connectivity index (χ0n) is 9.63. The molecule has 0 aliphatic rings. The van der Waals surface area contributed by atoms with Crippen molar-refractivity contribution in [3.8, 4) is 0 Å². The number of likely N-dealkylation sites (N-methyl/N-ethyl adjacent to an activating group) is 1. The van der Waals surface area contributed by atoms with E-state index in [1.54, 1.807) is 11.9 Å². The SMILES string of the molecule is CC(C)N(C)CC(=O)c1ccc(F)cc1F. The van der Waals surface area contributed by atoms with E-state index >= 15 is 0 Å². The molecule has 0 saturated carbocycles. The fraction of sp³-hybridized carbons (Fsp3) is 0.417. The molecule has 0 heterocycles. The average molecular weight is 227 g/mol. The lowest BCUT2D eigenvalue weighted by Gasteiger charge is -2.19. The van der Waals surface area contributed by atoms with Gasteiger partial charge in [-0.25, -0.2) is 8.78 Å². The molecular formula is C12H15F2NO. The number of Topliss-reactive ketones (excluding diaryl/α,β-unsaturated/α-hetero) is 1. The smallest absolute Gasteiger partial charge is 0.179 e. The van der Waals surface area contributed by atoms with Crippen LogP contribution < -0.4 is 0 Å². The number of benzene rings is 1. The molecule has 88 valence electrons. The van der Waals surface area contributed by atoms with Crippen LogP contribution in [0.4, 0.5) is 8.78 Å². The second-order valence-electron chi connectivity index (χ2n) is 4.06. The number of rotatable bonds is 4. The fourth-order valence-corrected chi connectivity index (χ4v) is 1.21. The lowest BCUT2D eigenvalue weighted by molar-refractivity contribution is 0.0925. The normalized spacial score (nSPS) is 11.2. The van der Waals surface area contributed by atoms with Gasteiger partial charge >= 0.3 is 0 Å². The highest BCUT2D eigenvalue weighted by atomic mass is 19.1. The summed E-state index contributed by atoms with van der Waals surface area (Å²) < 4.78 is 25.9. The molecule has 2 nitrogen and oxygen atoms in total. The highest BCUT2D eigenvalue weighted by Gasteiger charge is 2.15. The minimum atomic E-state index is -0.804. The molecule has 4 heteroatoms. The number of hydrogen-bond donors (Lipinski definition) is 0. The van der Waals surface area contributed by atoms with Crippen LogP contribution in [0.15, 0.2) is 18.2 Å². The molecule has 0 amide bonds. The topological polar surface area (TPSA) is 20.3 Å². The molecule has 0 radical (unpaired) electrons. The predicted molar refractivity (Wildman–Crippen MR) is 58.5 cm³/mol. The van der Waals surface area contributed by atoms with Gasteiger partial charge in [-0.05, 0) is 33.0 Å². The van der Waals surface area contributed by atoms with E-state index in [0.717, 1.165) is 12.1 Å². The van der Waals surface area contributed by atoms with E-state index in [-0.39, 0.29) is 23.9 Å².